The quantitative estimate of drug-likeness (QED) is 0.453. The molecule has 0 aromatic heterocycles. The van der Waals surface area contributed by atoms with Crippen LogP contribution in [0, 0.1) is 15.9 Å². The van der Waals surface area contributed by atoms with Gasteiger partial charge in [-0.05, 0) is 30.3 Å². The van der Waals surface area contributed by atoms with Crippen LogP contribution < -0.4 is 15.4 Å². The second-order valence-corrected chi connectivity index (χ2v) is 6.07. The molecule has 0 atom stereocenters. The molecule has 152 valence electrons. The van der Waals surface area contributed by atoms with Crippen LogP contribution in [0.3, 0.4) is 0 Å². The number of carbonyl (C=O) groups excluding carboxylic acids is 2. The molecule has 0 fully saturated rings. The van der Waals surface area contributed by atoms with Gasteiger partial charge in [0.1, 0.15) is 5.82 Å². The third-order valence-electron chi connectivity index (χ3n) is 3.95. The van der Waals surface area contributed by atoms with Crippen molar-refractivity contribution in [1.29, 1.82) is 0 Å². The van der Waals surface area contributed by atoms with Crippen molar-refractivity contribution in [3.63, 3.8) is 0 Å². The number of rotatable bonds is 7. The van der Waals surface area contributed by atoms with Gasteiger partial charge in [0.05, 0.1) is 16.2 Å². The highest BCUT2D eigenvalue weighted by molar-refractivity contribution is 6.10. The number of nitrogens with one attached hydrogen (secondary N) is 2. The zero-order chi connectivity index (χ0) is 21.5. The van der Waals surface area contributed by atoms with Gasteiger partial charge in [-0.25, -0.2) is 4.39 Å². The van der Waals surface area contributed by atoms with Crippen molar-refractivity contribution in [3.8, 4) is 5.75 Å². The highest BCUT2D eigenvalue weighted by Crippen LogP contribution is 2.27. The smallest absolute Gasteiger partial charge is 0.311 e. The van der Waals surface area contributed by atoms with Crippen LogP contribution in [0.4, 0.5) is 21.5 Å². The highest BCUT2D eigenvalue weighted by Gasteiger charge is 2.18. The van der Waals surface area contributed by atoms with Crippen molar-refractivity contribution >= 4 is 28.9 Å². The van der Waals surface area contributed by atoms with Gasteiger partial charge in [-0.3, -0.25) is 19.7 Å². The minimum absolute atomic E-state index is 0.214. The molecule has 0 spiro atoms. The summed E-state index contributed by atoms with van der Waals surface area (Å²) in [6.07, 6.45) is 0. The highest BCUT2D eigenvalue weighted by atomic mass is 19.1. The van der Waals surface area contributed by atoms with E-state index in [1.807, 2.05) is 6.07 Å². The number of hydrogen-bond acceptors (Lipinski definition) is 5. The van der Waals surface area contributed by atoms with Crippen LogP contribution in [0.5, 0.6) is 5.75 Å². The van der Waals surface area contributed by atoms with Crippen LogP contribution in [-0.2, 0) is 4.79 Å². The summed E-state index contributed by atoms with van der Waals surface area (Å²) in [5.41, 5.74) is 0.567. The van der Waals surface area contributed by atoms with E-state index in [0.717, 1.165) is 18.2 Å². The van der Waals surface area contributed by atoms with E-state index < -0.39 is 34.8 Å². The molecule has 0 bridgehead atoms. The molecule has 0 aliphatic carbocycles. The molecular weight excluding hydrogens is 393 g/mol. The number of halogens is 1. The van der Waals surface area contributed by atoms with E-state index >= 15 is 0 Å². The molecule has 8 nitrogen and oxygen atoms in total. The standard InChI is InChI=1S/C21H16FN3O5/c22-14-10-11-18(25(28)29)19(12-14)30-13-20(26)24-17-9-5-4-8-16(17)21(27)23-15-6-2-1-3-7-15/h1-12H,13H2,(H,23,27)(H,24,26). The molecule has 30 heavy (non-hydrogen) atoms. The van der Waals surface area contributed by atoms with E-state index in [2.05, 4.69) is 10.6 Å². The van der Waals surface area contributed by atoms with Gasteiger partial charge in [0.25, 0.3) is 11.8 Å². The summed E-state index contributed by atoms with van der Waals surface area (Å²) in [6, 6.07) is 17.8. The number of para-hydroxylation sites is 2. The molecule has 2 N–H and O–H groups in total. The fourth-order valence-corrected chi connectivity index (χ4v) is 2.59. The normalized spacial score (nSPS) is 10.2. The number of benzene rings is 3. The number of carbonyl (C=O) groups is 2. The van der Waals surface area contributed by atoms with Gasteiger partial charge in [0.2, 0.25) is 5.75 Å². The Morgan fingerprint density at radius 3 is 2.40 bits per heavy atom. The number of hydrogen-bond donors (Lipinski definition) is 2. The average Bonchev–Trinajstić information content (AvgIpc) is 2.73. The minimum Gasteiger partial charge on any atom is -0.477 e. The van der Waals surface area contributed by atoms with Crippen molar-refractivity contribution in [3.05, 3.63) is 94.3 Å². The lowest BCUT2D eigenvalue weighted by atomic mass is 10.1. The SMILES string of the molecule is O=C(COc1cc(F)ccc1[N+](=O)[O-])Nc1ccccc1C(=O)Nc1ccccc1. The van der Waals surface area contributed by atoms with Crippen molar-refractivity contribution in [2.75, 3.05) is 17.2 Å². The van der Waals surface area contributed by atoms with Crippen LogP contribution in [-0.4, -0.2) is 23.3 Å². The monoisotopic (exact) mass is 409 g/mol. The molecule has 3 aromatic rings. The Morgan fingerprint density at radius 1 is 0.967 bits per heavy atom. The minimum atomic E-state index is -0.740. The van der Waals surface area contributed by atoms with Crippen LogP contribution >= 0.6 is 0 Å². The summed E-state index contributed by atoms with van der Waals surface area (Å²) in [7, 11) is 0. The first-order valence-corrected chi connectivity index (χ1v) is 8.76. The fourth-order valence-electron chi connectivity index (χ4n) is 2.59. The zero-order valence-electron chi connectivity index (χ0n) is 15.5. The Hall–Kier alpha value is -4.27. The third-order valence-corrected chi connectivity index (χ3v) is 3.95. The van der Waals surface area contributed by atoms with Crippen molar-refractivity contribution in [2.45, 2.75) is 0 Å². The lowest BCUT2D eigenvalue weighted by molar-refractivity contribution is -0.385. The Bertz CT molecular complexity index is 1090. The molecule has 0 saturated carbocycles. The maximum Gasteiger partial charge on any atom is 0.311 e. The first-order valence-electron chi connectivity index (χ1n) is 8.76. The molecule has 0 aliphatic rings. The summed E-state index contributed by atoms with van der Waals surface area (Å²) in [4.78, 5) is 35.1. The van der Waals surface area contributed by atoms with E-state index in [-0.39, 0.29) is 17.0 Å². The predicted molar refractivity (Wildman–Crippen MR) is 108 cm³/mol. The van der Waals surface area contributed by atoms with E-state index in [4.69, 9.17) is 4.74 Å². The van der Waals surface area contributed by atoms with Crippen LogP contribution in [0.25, 0.3) is 0 Å². The number of anilines is 2. The van der Waals surface area contributed by atoms with Gasteiger partial charge in [-0.15, -0.1) is 0 Å². The van der Waals surface area contributed by atoms with Crippen LogP contribution in [0.1, 0.15) is 10.4 Å². The Kier molecular flexibility index (Phi) is 6.33. The van der Waals surface area contributed by atoms with Crippen molar-refractivity contribution in [2.24, 2.45) is 0 Å². The van der Waals surface area contributed by atoms with E-state index in [0.29, 0.717) is 5.69 Å². The summed E-state index contributed by atoms with van der Waals surface area (Å²) >= 11 is 0. The number of amides is 2. The topological polar surface area (TPSA) is 111 Å². The summed E-state index contributed by atoms with van der Waals surface area (Å²) in [5.74, 6) is -2.21. The molecule has 3 rings (SSSR count). The molecule has 0 aliphatic heterocycles. The number of nitro groups is 1. The Morgan fingerprint density at radius 2 is 1.67 bits per heavy atom. The van der Waals surface area contributed by atoms with Gasteiger partial charge in [-0.1, -0.05) is 30.3 Å². The summed E-state index contributed by atoms with van der Waals surface area (Å²) in [6.45, 7) is -0.612. The number of ether oxygens (including phenoxy) is 1. The van der Waals surface area contributed by atoms with Gasteiger partial charge < -0.3 is 15.4 Å². The average molecular weight is 409 g/mol. The Balaban J connectivity index is 1.69. The van der Waals surface area contributed by atoms with Crippen LogP contribution in [0.2, 0.25) is 0 Å². The van der Waals surface area contributed by atoms with E-state index in [1.54, 1.807) is 36.4 Å². The number of nitro benzene ring substituents is 1. The van der Waals surface area contributed by atoms with Gasteiger partial charge in [0.15, 0.2) is 6.61 Å². The zero-order valence-corrected chi connectivity index (χ0v) is 15.5. The third kappa shape index (κ3) is 5.16. The molecule has 0 saturated heterocycles. The molecule has 9 heteroatoms. The van der Waals surface area contributed by atoms with E-state index in [9.17, 15) is 24.1 Å². The molecule has 2 amide bonds. The lowest BCUT2D eigenvalue weighted by Gasteiger charge is -2.12. The fraction of sp³-hybridized carbons (Fsp3) is 0.0476. The first-order chi connectivity index (χ1) is 14.4. The van der Waals surface area contributed by atoms with Gasteiger partial charge >= 0.3 is 5.69 Å². The Labute approximate surface area is 170 Å². The first kappa shape index (κ1) is 20.5. The van der Waals surface area contributed by atoms with Gasteiger partial charge in [-0.2, -0.15) is 0 Å². The van der Waals surface area contributed by atoms with Crippen molar-refractivity contribution < 1.29 is 23.6 Å². The summed E-state index contributed by atoms with van der Waals surface area (Å²) in [5, 5.41) is 16.2. The second kappa shape index (κ2) is 9.28. The summed E-state index contributed by atoms with van der Waals surface area (Å²) < 4.78 is 18.5. The van der Waals surface area contributed by atoms with Gasteiger partial charge in [0, 0.05) is 17.8 Å². The molecule has 3 aromatic carbocycles. The lowest BCUT2D eigenvalue weighted by Crippen LogP contribution is -2.23. The maximum absolute atomic E-state index is 13.4. The predicted octanol–water partition coefficient (Wildman–Crippen LogP) is 4.00. The largest absolute Gasteiger partial charge is 0.477 e. The molecule has 0 radical (unpaired) electrons. The second-order valence-electron chi connectivity index (χ2n) is 6.07. The molecule has 0 heterocycles. The van der Waals surface area contributed by atoms with Crippen molar-refractivity contribution in [1.82, 2.24) is 0 Å². The van der Waals surface area contributed by atoms with E-state index in [1.165, 1.54) is 12.1 Å². The maximum atomic E-state index is 13.4. The number of nitrogens with zero attached hydrogens (tertiary/aromatic N) is 1. The molecular formula is C21H16FN3O5. The van der Waals surface area contributed by atoms with Crippen LogP contribution in [0.15, 0.2) is 72.8 Å². The molecule has 0 unspecified atom stereocenters.